The van der Waals surface area contributed by atoms with Crippen molar-refractivity contribution in [1.29, 1.82) is 0 Å². The maximum Gasteiger partial charge on any atom is 0.365 e. The van der Waals surface area contributed by atoms with Crippen LogP contribution >= 0.6 is 11.3 Å². The van der Waals surface area contributed by atoms with Crippen LogP contribution < -0.4 is 5.32 Å². The van der Waals surface area contributed by atoms with Crippen LogP contribution in [0.15, 0.2) is 5.38 Å². The summed E-state index contributed by atoms with van der Waals surface area (Å²) in [4.78, 5) is 27.2. The molecule has 0 spiro atoms. The predicted octanol–water partition coefficient (Wildman–Crippen LogP) is 0.807. The zero-order chi connectivity index (χ0) is 13.0. The fourth-order valence-electron chi connectivity index (χ4n) is 1.72. The maximum atomic E-state index is 11.7. The van der Waals surface area contributed by atoms with Crippen molar-refractivity contribution < 1.29 is 14.3 Å². The quantitative estimate of drug-likeness (QED) is 0.486. The number of nitrogens with zero attached hydrogens (tertiary/aromatic N) is 1. The third-order valence-electron chi connectivity index (χ3n) is 2.70. The topological polar surface area (TPSA) is 68.3 Å². The van der Waals surface area contributed by atoms with Gasteiger partial charge in [-0.15, -0.1) is 17.8 Å². The van der Waals surface area contributed by atoms with Gasteiger partial charge in [0.25, 0.3) is 0 Å². The normalized spacial score (nSPS) is 15.9. The van der Waals surface area contributed by atoms with E-state index in [1.165, 1.54) is 16.7 Å². The number of carbonyl (C=O) groups excluding carboxylic acids is 2. The summed E-state index contributed by atoms with van der Waals surface area (Å²) in [5.74, 6) is 0.917. The lowest BCUT2D eigenvalue weighted by Crippen LogP contribution is -2.33. The lowest BCUT2D eigenvalue weighted by atomic mass is 9.99. The molecule has 0 bridgehead atoms. The number of piperidine rings is 1. The number of esters is 2. The van der Waals surface area contributed by atoms with Gasteiger partial charge in [-0.3, -0.25) is 4.79 Å². The van der Waals surface area contributed by atoms with Gasteiger partial charge in [-0.2, -0.15) is 0 Å². The van der Waals surface area contributed by atoms with Gasteiger partial charge in [0.2, 0.25) is 0 Å². The highest BCUT2D eigenvalue weighted by atomic mass is 32.1. The van der Waals surface area contributed by atoms with E-state index < -0.39 is 11.9 Å². The van der Waals surface area contributed by atoms with Crippen molar-refractivity contribution >= 4 is 23.3 Å². The van der Waals surface area contributed by atoms with Crippen LogP contribution in [0, 0.1) is 18.3 Å². The summed E-state index contributed by atoms with van der Waals surface area (Å²) in [6.45, 7) is 1.54. The van der Waals surface area contributed by atoms with E-state index >= 15 is 0 Å². The molecule has 1 fully saturated rings. The maximum absolute atomic E-state index is 11.7. The number of thiazole rings is 1. The number of terminal acetylenes is 1. The second-order valence-corrected chi connectivity index (χ2v) is 4.77. The van der Waals surface area contributed by atoms with Gasteiger partial charge in [0.05, 0.1) is 5.92 Å². The molecule has 0 saturated carbocycles. The number of hydrogen-bond donors (Lipinski definition) is 1. The van der Waals surface area contributed by atoms with E-state index in [1.54, 1.807) is 0 Å². The van der Waals surface area contributed by atoms with Crippen LogP contribution in [-0.4, -0.2) is 30.0 Å². The van der Waals surface area contributed by atoms with E-state index in [9.17, 15) is 9.59 Å². The highest BCUT2D eigenvalue weighted by Crippen LogP contribution is 2.15. The monoisotopic (exact) mass is 264 g/mol. The molecular formula is C12H12N2O3S. The third kappa shape index (κ3) is 2.94. The van der Waals surface area contributed by atoms with E-state index in [-0.39, 0.29) is 11.6 Å². The number of aromatic nitrogens is 1. The summed E-state index contributed by atoms with van der Waals surface area (Å²) in [6.07, 6.45) is 6.54. The van der Waals surface area contributed by atoms with Crippen LogP contribution in [0.4, 0.5) is 0 Å². The van der Waals surface area contributed by atoms with Crippen LogP contribution in [0.3, 0.4) is 0 Å². The summed E-state index contributed by atoms with van der Waals surface area (Å²) in [5.41, 5.74) is 0.0928. The van der Waals surface area contributed by atoms with Gasteiger partial charge in [-0.25, -0.2) is 9.78 Å². The Kier molecular flexibility index (Phi) is 4.07. The molecule has 5 nitrogen and oxygen atoms in total. The van der Waals surface area contributed by atoms with Gasteiger partial charge < -0.3 is 10.1 Å². The lowest BCUT2D eigenvalue weighted by Gasteiger charge is -2.20. The van der Waals surface area contributed by atoms with Crippen molar-refractivity contribution in [2.45, 2.75) is 12.8 Å². The highest BCUT2D eigenvalue weighted by molar-refractivity contribution is 7.10. The molecule has 2 rings (SSSR count). The van der Waals surface area contributed by atoms with Crippen molar-refractivity contribution in [2.75, 3.05) is 13.1 Å². The third-order valence-corrected chi connectivity index (χ3v) is 3.48. The van der Waals surface area contributed by atoms with E-state index in [0.717, 1.165) is 13.1 Å². The summed E-state index contributed by atoms with van der Waals surface area (Å²) in [5, 5.41) is 5.03. The van der Waals surface area contributed by atoms with E-state index in [4.69, 9.17) is 11.2 Å². The standard InChI is InChI=1S/C12H12N2O3S/c1-2-10-14-9(7-18-10)12(16)17-11(15)8-3-5-13-6-4-8/h1,7-8,13H,3-6H2. The van der Waals surface area contributed by atoms with Crippen LogP contribution in [-0.2, 0) is 9.53 Å². The summed E-state index contributed by atoms with van der Waals surface area (Å²) < 4.78 is 4.80. The minimum absolute atomic E-state index is 0.0928. The number of rotatable bonds is 2. The molecule has 0 amide bonds. The predicted molar refractivity (Wildman–Crippen MR) is 66.1 cm³/mol. The largest absolute Gasteiger partial charge is 0.388 e. The Morgan fingerprint density at radius 2 is 2.22 bits per heavy atom. The Morgan fingerprint density at radius 3 is 2.83 bits per heavy atom. The fourth-order valence-corrected chi connectivity index (χ4v) is 2.31. The minimum atomic E-state index is -0.726. The average Bonchev–Trinajstić information content (AvgIpc) is 2.88. The van der Waals surface area contributed by atoms with E-state index in [0.29, 0.717) is 17.8 Å². The molecule has 2 heterocycles. The molecule has 1 N–H and O–H groups in total. The Hall–Kier alpha value is -1.71. The van der Waals surface area contributed by atoms with Gasteiger partial charge in [0, 0.05) is 5.38 Å². The number of ether oxygens (including phenoxy) is 1. The molecule has 94 valence electrons. The second kappa shape index (κ2) is 5.76. The highest BCUT2D eigenvalue weighted by Gasteiger charge is 2.25. The van der Waals surface area contributed by atoms with Crippen molar-refractivity contribution in [3.63, 3.8) is 0 Å². The molecule has 0 aliphatic carbocycles. The number of hydrogen-bond acceptors (Lipinski definition) is 6. The molecule has 1 saturated heterocycles. The SMILES string of the molecule is C#Cc1nc(C(=O)OC(=O)C2CCNCC2)cs1. The van der Waals surface area contributed by atoms with E-state index in [1.807, 2.05) is 0 Å². The van der Waals surface area contributed by atoms with Gasteiger partial charge in [-0.05, 0) is 31.9 Å². The Labute approximate surface area is 109 Å². The molecule has 1 aliphatic heterocycles. The minimum Gasteiger partial charge on any atom is -0.388 e. The summed E-state index contributed by atoms with van der Waals surface area (Å²) in [6, 6.07) is 0. The van der Waals surface area contributed by atoms with Gasteiger partial charge in [0.15, 0.2) is 10.7 Å². The zero-order valence-electron chi connectivity index (χ0n) is 9.64. The van der Waals surface area contributed by atoms with Crippen molar-refractivity contribution in [3.8, 4) is 12.3 Å². The number of carbonyl (C=O) groups is 2. The molecule has 18 heavy (non-hydrogen) atoms. The molecular weight excluding hydrogens is 252 g/mol. The Morgan fingerprint density at radius 1 is 1.50 bits per heavy atom. The lowest BCUT2D eigenvalue weighted by molar-refractivity contribution is -0.143. The molecule has 0 unspecified atom stereocenters. The van der Waals surface area contributed by atoms with Gasteiger partial charge in [0.1, 0.15) is 0 Å². The van der Waals surface area contributed by atoms with Crippen LogP contribution in [0.1, 0.15) is 28.3 Å². The molecule has 1 aromatic heterocycles. The first kappa shape index (κ1) is 12.7. The molecule has 0 atom stereocenters. The van der Waals surface area contributed by atoms with Crippen molar-refractivity contribution in [2.24, 2.45) is 5.92 Å². The van der Waals surface area contributed by atoms with Crippen LogP contribution in [0.5, 0.6) is 0 Å². The molecule has 1 aromatic rings. The van der Waals surface area contributed by atoms with Crippen molar-refractivity contribution in [3.05, 3.63) is 16.1 Å². The Bertz CT molecular complexity index is 498. The van der Waals surface area contributed by atoms with E-state index in [2.05, 4.69) is 16.2 Å². The van der Waals surface area contributed by atoms with Crippen LogP contribution in [0.25, 0.3) is 0 Å². The first-order valence-corrected chi connectivity index (χ1v) is 6.47. The number of nitrogens with one attached hydrogen (secondary N) is 1. The van der Waals surface area contributed by atoms with Gasteiger partial charge >= 0.3 is 11.9 Å². The zero-order valence-corrected chi connectivity index (χ0v) is 10.5. The molecule has 6 heteroatoms. The first-order chi connectivity index (χ1) is 8.70. The summed E-state index contributed by atoms with van der Waals surface area (Å²) in [7, 11) is 0. The fraction of sp³-hybridized carbons (Fsp3) is 0.417. The molecule has 1 aliphatic rings. The summed E-state index contributed by atoms with van der Waals surface area (Å²) >= 11 is 1.17. The molecule has 0 radical (unpaired) electrons. The first-order valence-electron chi connectivity index (χ1n) is 5.59. The van der Waals surface area contributed by atoms with Crippen LogP contribution in [0.2, 0.25) is 0 Å². The van der Waals surface area contributed by atoms with Crippen molar-refractivity contribution in [1.82, 2.24) is 10.3 Å². The van der Waals surface area contributed by atoms with Gasteiger partial charge in [-0.1, -0.05) is 0 Å². The second-order valence-electron chi connectivity index (χ2n) is 3.92. The average molecular weight is 264 g/mol. The molecule has 0 aromatic carbocycles. The smallest absolute Gasteiger partial charge is 0.365 e. The Balaban J connectivity index is 1.94.